The number of carbonyl (C=O) groups excluding carboxylic acids is 1. The standard InChI is InChI=1S/C26H32FN3O3S/c1-18(31)29-13-11-19(12-14-29)17-30-23-10-9-21(15-22(23)28-25(30)26(2,3)4)34(32,33)24-8-6-5-7-20(24)16-27/h5-10,15,19H,11-14,16-17H2,1-4H3. The molecule has 0 spiro atoms. The largest absolute Gasteiger partial charge is 0.343 e. The fourth-order valence-electron chi connectivity index (χ4n) is 4.73. The fraction of sp³-hybridized carbons (Fsp3) is 0.462. The number of fused-ring (bicyclic) bond motifs is 1. The number of nitrogens with zero attached hydrogens (tertiary/aromatic N) is 3. The molecule has 8 heteroatoms. The average Bonchev–Trinajstić information content (AvgIpc) is 3.17. The summed E-state index contributed by atoms with van der Waals surface area (Å²) in [6, 6.07) is 11.2. The van der Waals surface area contributed by atoms with Gasteiger partial charge in [-0.2, -0.15) is 0 Å². The summed E-state index contributed by atoms with van der Waals surface area (Å²) < 4.78 is 42.3. The second-order valence-electron chi connectivity index (χ2n) is 10.1. The molecule has 1 aliphatic heterocycles. The lowest BCUT2D eigenvalue weighted by Gasteiger charge is -2.32. The molecule has 1 amide bonds. The Labute approximate surface area is 200 Å². The van der Waals surface area contributed by atoms with E-state index in [2.05, 4.69) is 25.3 Å². The molecule has 0 saturated carbocycles. The number of halogens is 1. The minimum atomic E-state index is -3.88. The van der Waals surface area contributed by atoms with Gasteiger partial charge in [-0.05, 0) is 43.0 Å². The van der Waals surface area contributed by atoms with Gasteiger partial charge in [0.15, 0.2) is 0 Å². The van der Waals surface area contributed by atoms with Gasteiger partial charge in [-0.15, -0.1) is 0 Å². The Morgan fingerprint density at radius 2 is 1.79 bits per heavy atom. The summed E-state index contributed by atoms with van der Waals surface area (Å²) in [5.41, 5.74) is 1.42. The van der Waals surface area contributed by atoms with Crippen molar-refractivity contribution in [1.29, 1.82) is 0 Å². The summed E-state index contributed by atoms with van der Waals surface area (Å²) in [7, 11) is -3.88. The van der Waals surface area contributed by atoms with E-state index >= 15 is 0 Å². The lowest BCUT2D eigenvalue weighted by atomic mass is 9.93. The SMILES string of the molecule is CC(=O)N1CCC(Cn2c(C(C)(C)C)nc3cc(S(=O)(=O)c4ccccc4CF)ccc32)CC1. The molecule has 2 aromatic carbocycles. The Hall–Kier alpha value is -2.74. The average molecular weight is 486 g/mol. The summed E-state index contributed by atoms with van der Waals surface area (Å²) in [5, 5.41) is 0. The molecule has 1 aliphatic rings. The van der Waals surface area contributed by atoms with Crippen LogP contribution in [0, 0.1) is 5.92 Å². The topological polar surface area (TPSA) is 72.3 Å². The molecule has 182 valence electrons. The summed E-state index contributed by atoms with van der Waals surface area (Å²) in [5.74, 6) is 1.43. The number of hydrogen-bond donors (Lipinski definition) is 0. The highest BCUT2D eigenvalue weighted by atomic mass is 32.2. The molecule has 1 aromatic heterocycles. The highest BCUT2D eigenvalue weighted by Crippen LogP contribution is 2.32. The minimum absolute atomic E-state index is 0.00967. The fourth-order valence-corrected chi connectivity index (χ4v) is 6.22. The molecule has 1 saturated heterocycles. The number of amides is 1. The number of alkyl halides is 1. The van der Waals surface area contributed by atoms with Gasteiger partial charge < -0.3 is 9.47 Å². The Morgan fingerprint density at radius 1 is 1.12 bits per heavy atom. The lowest BCUT2D eigenvalue weighted by Crippen LogP contribution is -2.38. The van der Waals surface area contributed by atoms with Crippen LogP contribution >= 0.6 is 0 Å². The van der Waals surface area contributed by atoms with Gasteiger partial charge in [0.2, 0.25) is 15.7 Å². The molecule has 6 nitrogen and oxygen atoms in total. The molecule has 0 bridgehead atoms. The Balaban J connectivity index is 1.73. The molecular weight excluding hydrogens is 453 g/mol. The zero-order valence-corrected chi connectivity index (χ0v) is 21.0. The molecule has 0 unspecified atom stereocenters. The number of likely N-dealkylation sites (tertiary alicyclic amines) is 1. The lowest BCUT2D eigenvalue weighted by molar-refractivity contribution is -0.130. The van der Waals surface area contributed by atoms with E-state index in [0.29, 0.717) is 11.4 Å². The number of carbonyl (C=O) groups is 1. The van der Waals surface area contributed by atoms with Crippen LogP contribution in [0.15, 0.2) is 52.3 Å². The van der Waals surface area contributed by atoms with Crippen molar-refractivity contribution in [2.75, 3.05) is 13.1 Å². The van der Waals surface area contributed by atoms with Crippen molar-refractivity contribution < 1.29 is 17.6 Å². The highest BCUT2D eigenvalue weighted by Gasteiger charge is 2.28. The number of sulfone groups is 1. The van der Waals surface area contributed by atoms with Gasteiger partial charge in [-0.1, -0.05) is 39.0 Å². The number of aromatic nitrogens is 2. The van der Waals surface area contributed by atoms with E-state index in [0.717, 1.165) is 43.8 Å². The van der Waals surface area contributed by atoms with Crippen LogP contribution in [0.1, 0.15) is 51.9 Å². The van der Waals surface area contributed by atoms with Gasteiger partial charge >= 0.3 is 0 Å². The van der Waals surface area contributed by atoms with Crippen molar-refractivity contribution in [3.05, 3.63) is 53.9 Å². The van der Waals surface area contributed by atoms with E-state index in [9.17, 15) is 17.6 Å². The molecule has 1 fully saturated rings. The van der Waals surface area contributed by atoms with Gasteiger partial charge in [0.05, 0.1) is 20.8 Å². The monoisotopic (exact) mass is 485 g/mol. The van der Waals surface area contributed by atoms with Crippen LogP contribution in [-0.2, 0) is 33.3 Å². The van der Waals surface area contributed by atoms with Crippen molar-refractivity contribution in [1.82, 2.24) is 14.5 Å². The molecular formula is C26H32FN3O3S. The van der Waals surface area contributed by atoms with Crippen molar-refractivity contribution in [2.45, 2.75) is 69.0 Å². The summed E-state index contributed by atoms with van der Waals surface area (Å²) in [6.07, 6.45) is 1.85. The third-order valence-corrected chi connectivity index (χ3v) is 8.46. The van der Waals surface area contributed by atoms with E-state index in [-0.39, 0.29) is 26.7 Å². The van der Waals surface area contributed by atoms with Crippen LogP contribution in [0.25, 0.3) is 11.0 Å². The van der Waals surface area contributed by atoms with Gasteiger partial charge in [0, 0.05) is 37.5 Å². The van der Waals surface area contributed by atoms with Crippen molar-refractivity contribution >= 4 is 26.8 Å². The molecule has 2 heterocycles. The first-order valence-corrected chi connectivity index (χ1v) is 13.2. The van der Waals surface area contributed by atoms with E-state index in [4.69, 9.17) is 4.98 Å². The van der Waals surface area contributed by atoms with Crippen LogP contribution in [0.5, 0.6) is 0 Å². The smallest absolute Gasteiger partial charge is 0.219 e. The third kappa shape index (κ3) is 4.60. The summed E-state index contributed by atoms with van der Waals surface area (Å²) in [6.45, 7) is 9.34. The van der Waals surface area contributed by atoms with E-state index in [1.54, 1.807) is 31.2 Å². The van der Waals surface area contributed by atoms with Crippen molar-refractivity contribution in [2.24, 2.45) is 5.92 Å². The first-order valence-electron chi connectivity index (χ1n) is 11.7. The molecule has 0 atom stereocenters. The second kappa shape index (κ2) is 9.13. The van der Waals surface area contributed by atoms with Crippen LogP contribution in [0.3, 0.4) is 0 Å². The Kier molecular flexibility index (Phi) is 6.55. The Morgan fingerprint density at radius 3 is 2.41 bits per heavy atom. The Bertz CT molecular complexity index is 1320. The first kappa shape index (κ1) is 24.4. The van der Waals surface area contributed by atoms with Crippen LogP contribution in [0.4, 0.5) is 4.39 Å². The predicted octanol–water partition coefficient (Wildman–Crippen LogP) is 4.89. The van der Waals surface area contributed by atoms with Gasteiger partial charge in [-0.3, -0.25) is 4.79 Å². The molecule has 34 heavy (non-hydrogen) atoms. The molecule has 4 rings (SSSR count). The highest BCUT2D eigenvalue weighted by molar-refractivity contribution is 7.91. The van der Waals surface area contributed by atoms with Crippen LogP contribution in [0.2, 0.25) is 0 Å². The van der Waals surface area contributed by atoms with Gasteiger partial charge in [-0.25, -0.2) is 17.8 Å². The molecule has 0 N–H and O–H groups in total. The van der Waals surface area contributed by atoms with Gasteiger partial charge in [0.1, 0.15) is 12.5 Å². The maximum Gasteiger partial charge on any atom is 0.219 e. The second-order valence-corrected chi connectivity index (χ2v) is 12.1. The number of benzene rings is 2. The first-order chi connectivity index (χ1) is 16.0. The number of rotatable bonds is 5. The van der Waals surface area contributed by atoms with E-state index in [1.165, 1.54) is 12.1 Å². The molecule has 0 aliphatic carbocycles. The van der Waals surface area contributed by atoms with Crippen LogP contribution < -0.4 is 0 Å². The number of imidazole rings is 1. The summed E-state index contributed by atoms with van der Waals surface area (Å²) >= 11 is 0. The zero-order chi connectivity index (χ0) is 24.7. The summed E-state index contributed by atoms with van der Waals surface area (Å²) in [4.78, 5) is 18.5. The third-order valence-electron chi connectivity index (χ3n) is 6.61. The van der Waals surface area contributed by atoms with Gasteiger partial charge in [0.25, 0.3) is 0 Å². The van der Waals surface area contributed by atoms with E-state index in [1.807, 2.05) is 11.0 Å². The normalized spacial score (nSPS) is 15.7. The zero-order valence-electron chi connectivity index (χ0n) is 20.2. The number of piperidine rings is 1. The van der Waals surface area contributed by atoms with Crippen molar-refractivity contribution in [3.63, 3.8) is 0 Å². The maximum absolute atomic E-state index is 13.5. The minimum Gasteiger partial charge on any atom is -0.343 e. The molecule has 3 aromatic rings. The van der Waals surface area contributed by atoms with E-state index < -0.39 is 16.5 Å². The van der Waals surface area contributed by atoms with Crippen LogP contribution in [-0.4, -0.2) is 41.9 Å². The molecule has 0 radical (unpaired) electrons. The predicted molar refractivity (Wildman–Crippen MR) is 130 cm³/mol. The van der Waals surface area contributed by atoms with Crippen molar-refractivity contribution in [3.8, 4) is 0 Å². The maximum atomic E-state index is 13.5. The number of hydrogen-bond acceptors (Lipinski definition) is 4. The quantitative estimate of drug-likeness (QED) is 0.516.